The van der Waals surface area contributed by atoms with Crippen LogP contribution in [0, 0.1) is 0 Å². The normalized spacial score (nSPS) is 12.7. The highest BCUT2D eigenvalue weighted by Crippen LogP contribution is 2.17. The van der Waals surface area contributed by atoms with Crippen molar-refractivity contribution in [2.75, 3.05) is 13.2 Å². The molecule has 0 aliphatic carbocycles. The predicted octanol–water partition coefficient (Wildman–Crippen LogP) is 24.0. The van der Waals surface area contributed by atoms with Crippen molar-refractivity contribution < 1.29 is 28.6 Å². The second-order valence-corrected chi connectivity index (χ2v) is 23.1. The van der Waals surface area contributed by atoms with Gasteiger partial charge in [-0.25, -0.2) is 0 Å². The fraction of sp³-hybridized carbons (Fsp3) is 0.747. The van der Waals surface area contributed by atoms with E-state index in [-0.39, 0.29) is 31.1 Å². The van der Waals surface area contributed by atoms with Crippen LogP contribution in [-0.4, -0.2) is 37.2 Å². The van der Waals surface area contributed by atoms with Crippen LogP contribution in [0.3, 0.4) is 0 Å². The lowest BCUT2D eigenvalue weighted by Crippen LogP contribution is -2.30. The van der Waals surface area contributed by atoms with E-state index in [0.717, 1.165) is 109 Å². The third-order valence-corrected chi connectivity index (χ3v) is 15.0. The first-order valence-electron chi connectivity index (χ1n) is 34.7. The van der Waals surface area contributed by atoms with E-state index in [9.17, 15) is 14.4 Å². The van der Waals surface area contributed by atoms with Crippen LogP contribution in [0.4, 0.5) is 0 Å². The van der Waals surface area contributed by atoms with E-state index in [2.05, 4.69) is 118 Å². The minimum Gasteiger partial charge on any atom is -0.462 e. The van der Waals surface area contributed by atoms with Crippen molar-refractivity contribution in [1.82, 2.24) is 0 Å². The number of allylic oxidation sites excluding steroid dienone is 16. The first kappa shape index (κ1) is 77.3. The third-order valence-electron chi connectivity index (χ3n) is 15.0. The summed E-state index contributed by atoms with van der Waals surface area (Å²) in [4.78, 5) is 38.4. The number of hydrogen-bond donors (Lipinski definition) is 0. The Bertz CT molecular complexity index is 1580. The molecular weight excluding hydrogens is 997 g/mol. The summed E-state index contributed by atoms with van der Waals surface area (Å²) in [5.41, 5.74) is 0. The number of ether oxygens (including phenoxy) is 3. The van der Waals surface area contributed by atoms with Gasteiger partial charge < -0.3 is 14.2 Å². The topological polar surface area (TPSA) is 78.9 Å². The first-order chi connectivity index (χ1) is 40.0. The van der Waals surface area contributed by atoms with Crippen LogP contribution in [0.25, 0.3) is 0 Å². The van der Waals surface area contributed by atoms with Gasteiger partial charge in [-0.05, 0) is 122 Å². The maximum absolute atomic E-state index is 12.9. The van der Waals surface area contributed by atoms with Crippen LogP contribution < -0.4 is 0 Å². The number of hydrogen-bond acceptors (Lipinski definition) is 6. The molecule has 1 unspecified atom stereocenters. The largest absolute Gasteiger partial charge is 0.462 e. The molecule has 0 aromatic heterocycles. The standard InChI is InChI=1S/C75H130O6/c1-4-7-10-13-16-19-22-25-28-30-32-33-34-35-36-37-38-39-40-41-43-44-47-50-53-56-59-62-65-68-74(77)80-71-72(70-79-73(76)67-64-61-58-55-52-49-46-27-24-21-18-15-12-9-6-3)81-75(78)69-66-63-60-57-54-51-48-45-42-31-29-26-23-20-17-14-11-8-5-2/h7,10,16-21,25-29,32-33,46,72H,4-6,8-9,11-15,22-24,30-31,34-45,47-71H2,1-3H3/b10-7-,19-16-,20-17-,21-18-,28-25-,29-26-,33-32-,46-27-. The molecular formula is C75H130O6. The van der Waals surface area contributed by atoms with Crippen molar-refractivity contribution in [2.24, 2.45) is 0 Å². The first-order valence-corrected chi connectivity index (χ1v) is 34.7. The van der Waals surface area contributed by atoms with Gasteiger partial charge in [-0.2, -0.15) is 0 Å². The van der Waals surface area contributed by atoms with E-state index in [1.165, 1.54) is 193 Å². The highest BCUT2D eigenvalue weighted by molar-refractivity contribution is 5.71. The van der Waals surface area contributed by atoms with E-state index in [1.54, 1.807) is 0 Å². The summed E-state index contributed by atoms with van der Waals surface area (Å²) < 4.78 is 17.0. The van der Waals surface area contributed by atoms with Crippen LogP contribution in [0.5, 0.6) is 0 Å². The lowest BCUT2D eigenvalue weighted by molar-refractivity contribution is -0.167. The van der Waals surface area contributed by atoms with Gasteiger partial charge in [-0.3, -0.25) is 14.4 Å². The van der Waals surface area contributed by atoms with Crippen molar-refractivity contribution in [3.05, 3.63) is 97.2 Å². The zero-order valence-electron chi connectivity index (χ0n) is 53.5. The molecule has 0 spiro atoms. The van der Waals surface area contributed by atoms with Crippen LogP contribution in [0.15, 0.2) is 97.2 Å². The highest BCUT2D eigenvalue weighted by Gasteiger charge is 2.19. The quantitative estimate of drug-likeness (QED) is 0.0261. The Balaban J connectivity index is 4.28. The molecule has 0 saturated heterocycles. The molecule has 0 amide bonds. The SMILES string of the molecule is CC/C=C\C/C=C\C/C=C\C/C=C\CCCCCCCCCCCCCCCCCCC(=O)OCC(COC(=O)CCCCCCC/C=C\C/C=C\CCCCC)OC(=O)CCCCCCCCCCC/C=C\C/C=C\CCCCC. The van der Waals surface area contributed by atoms with E-state index in [0.29, 0.717) is 19.3 Å². The van der Waals surface area contributed by atoms with Crippen molar-refractivity contribution in [1.29, 1.82) is 0 Å². The Morgan fingerprint density at radius 3 is 0.753 bits per heavy atom. The predicted molar refractivity (Wildman–Crippen MR) is 353 cm³/mol. The minimum atomic E-state index is -0.787. The molecule has 466 valence electrons. The molecule has 0 bridgehead atoms. The average Bonchev–Trinajstić information content (AvgIpc) is 3.47. The summed E-state index contributed by atoms with van der Waals surface area (Å²) in [5, 5.41) is 0. The average molecular weight is 1130 g/mol. The molecule has 0 aliphatic heterocycles. The van der Waals surface area contributed by atoms with Crippen LogP contribution in [0.1, 0.15) is 342 Å². The molecule has 0 saturated carbocycles. The molecule has 0 fully saturated rings. The van der Waals surface area contributed by atoms with E-state index >= 15 is 0 Å². The Hall–Kier alpha value is -3.67. The van der Waals surface area contributed by atoms with E-state index in [4.69, 9.17) is 14.2 Å². The summed E-state index contributed by atoms with van der Waals surface area (Å²) in [6.07, 6.45) is 92.8. The summed E-state index contributed by atoms with van der Waals surface area (Å²) in [5.74, 6) is -0.884. The van der Waals surface area contributed by atoms with Crippen LogP contribution in [0.2, 0.25) is 0 Å². The molecule has 81 heavy (non-hydrogen) atoms. The number of carbonyl (C=O) groups is 3. The van der Waals surface area contributed by atoms with Gasteiger partial charge in [0, 0.05) is 19.3 Å². The van der Waals surface area contributed by atoms with Crippen molar-refractivity contribution in [2.45, 2.75) is 348 Å². The second-order valence-electron chi connectivity index (χ2n) is 23.1. The summed E-state index contributed by atoms with van der Waals surface area (Å²) in [7, 11) is 0. The summed E-state index contributed by atoms with van der Waals surface area (Å²) >= 11 is 0. The van der Waals surface area contributed by atoms with Crippen molar-refractivity contribution in [3.8, 4) is 0 Å². The van der Waals surface area contributed by atoms with Crippen LogP contribution in [-0.2, 0) is 28.6 Å². The molecule has 0 N–H and O–H groups in total. The third kappa shape index (κ3) is 67.0. The maximum Gasteiger partial charge on any atom is 0.306 e. The zero-order valence-corrected chi connectivity index (χ0v) is 53.5. The minimum absolute atomic E-state index is 0.0812. The number of unbranched alkanes of at least 4 members (excludes halogenated alkanes) is 36. The molecule has 0 rings (SSSR count). The lowest BCUT2D eigenvalue weighted by atomic mass is 10.0. The monoisotopic (exact) mass is 1130 g/mol. The molecule has 0 heterocycles. The van der Waals surface area contributed by atoms with Gasteiger partial charge in [0.05, 0.1) is 0 Å². The second kappa shape index (κ2) is 68.8. The Morgan fingerprint density at radius 2 is 0.481 bits per heavy atom. The van der Waals surface area contributed by atoms with Gasteiger partial charge >= 0.3 is 17.9 Å². The fourth-order valence-electron chi connectivity index (χ4n) is 9.85. The van der Waals surface area contributed by atoms with Crippen molar-refractivity contribution in [3.63, 3.8) is 0 Å². The Morgan fingerprint density at radius 1 is 0.259 bits per heavy atom. The molecule has 1 atom stereocenters. The Kier molecular flexibility index (Phi) is 65.7. The fourth-order valence-corrected chi connectivity index (χ4v) is 9.85. The van der Waals surface area contributed by atoms with Gasteiger partial charge in [0.25, 0.3) is 0 Å². The Labute approximate surface area is 502 Å². The molecule has 6 nitrogen and oxygen atoms in total. The van der Waals surface area contributed by atoms with Gasteiger partial charge in [-0.15, -0.1) is 0 Å². The van der Waals surface area contributed by atoms with Gasteiger partial charge in [0.15, 0.2) is 6.10 Å². The van der Waals surface area contributed by atoms with Gasteiger partial charge in [-0.1, -0.05) is 298 Å². The van der Waals surface area contributed by atoms with Gasteiger partial charge in [0.2, 0.25) is 0 Å². The number of rotatable bonds is 63. The lowest BCUT2D eigenvalue weighted by Gasteiger charge is -2.18. The molecule has 0 aromatic carbocycles. The van der Waals surface area contributed by atoms with Crippen molar-refractivity contribution >= 4 is 17.9 Å². The molecule has 0 aromatic rings. The zero-order chi connectivity index (χ0) is 58.5. The number of esters is 3. The maximum atomic E-state index is 12.9. The highest BCUT2D eigenvalue weighted by atomic mass is 16.6. The summed E-state index contributed by atoms with van der Waals surface area (Å²) in [6, 6.07) is 0. The van der Waals surface area contributed by atoms with Crippen LogP contribution >= 0.6 is 0 Å². The molecule has 6 heteroatoms. The van der Waals surface area contributed by atoms with Gasteiger partial charge in [0.1, 0.15) is 13.2 Å². The number of carbonyl (C=O) groups excluding carboxylic acids is 3. The molecule has 0 radical (unpaired) electrons. The molecule has 0 aliphatic rings. The summed E-state index contributed by atoms with van der Waals surface area (Å²) in [6.45, 7) is 6.50. The van der Waals surface area contributed by atoms with E-state index in [1.807, 2.05) is 0 Å². The smallest absolute Gasteiger partial charge is 0.306 e. The van der Waals surface area contributed by atoms with E-state index < -0.39 is 6.10 Å².